The summed E-state index contributed by atoms with van der Waals surface area (Å²) in [6.07, 6.45) is 4.51. The quantitative estimate of drug-likeness (QED) is 0.541. The van der Waals surface area contributed by atoms with E-state index in [9.17, 15) is 14.0 Å². The van der Waals surface area contributed by atoms with E-state index in [2.05, 4.69) is 27.0 Å². The van der Waals surface area contributed by atoms with Crippen molar-refractivity contribution in [2.24, 2.45) is 4.99 Å². The fraction of sp³-hybridized carbons (Fsp3) is 0.480. The Morgan fingerprint density at radius 3 is 2.74 bits per heavy atom. The highest BCUT2D eigenvalue weighted by molar-refractivity contribution is 7.99. The third-order valence-corrected chi connectivity index (χ3v) is 8.40. The van der Waals surface area contributed by atoms with Gasteiger partial charge in [0.2, 0.25) is 11.8 Å². The number of aryl methyl sites for hydroxylation is 1. The predicted molar refractivity (Wildman–Crippen MR) is 133 cm³/mol. The van der Waals surface area contributed by atoms with Crippen LogP contribution in [-0.4, -0.2) is 63.3 Å². The van der Waals surface area contributed by atoms with E-state index in [1.54, 1.807) is 16.7 Å². The number of carbonyl (C=O) groups is 2. The first-order chi connectivity index (χ1) is 16.7. The Labute approximate surface area is 213 Å². The first-order valence-corrected chi connectivity index (χ1v) is 13.0. The summed E-state index contributed by atoms with van der Waals surface area (Å²) in [5, 5.41) is 4.13. The molecule has 2 aromatic rings. The van der Waals surface area contributed by atoms with Gasteiger partial charge in [0.15, 0.2) is 0 Å². The number of hydrogen-bond donors (Lipinski definition) is 1. The van der Waals surface area contributed by atoms with Gasteiger partial charge in [-0.3, -0.25) is 19.6 Å². The molecule has 0 aromatic carbocycles. The number of amides is 2. The van der Waals surface area contributed by atoms with Crippen LogP contribution in [0.2, 0.25) is 5.02 Å². The van der Waals surface area contributed by atoms with Gasteiger partial charge in [0.1, 0.15) is 11.9 Å². The van der Waals surface area contributed by atoms with Gasteiger partial charge in [0, 0.05) is 23.7 Å². The lowest BCUT2D eigenvalue weighted by Crippen LogP contribution is -2.52. The normalized spacial score (nSPS) is 23.6. The number of nitrogens with one attached hydrogen (secondary N) is 1. The molecular weight excluding hydrogens is 489 g/mol. The zero-order chi connectivity index (χ0) is 24.8. The van der Waals surface area contributed by atoms with Crippen LogP contribution in [0, 0.1) is 12.7 Å². The van der Waals surface area contributed by atoms with Crippen LogP contribution in [-0.2, 0) is 15.0 Å². The summed E-state index contributed by atoms with van der Waals surface area (Å²) in [5.41, 5.74) is -0.396. The van der Waals surface area contributed by atoms with E-state index >= 15 is 0 Å². The number of pyridine rings is 2. The van der Waals surface area contributed by atoms with Gasteiger partial charge in [0.25, 0.3) is 0 Å². The molecule has 3 heterocycles. The smallest absolute Gasteiger partial charge is 0.243 e. The molecule has 1 aliphatic heterocycles. The minimum atomic E-state index is -1.05. The largest absolute Gasteiger partial charge is 0.347 e. The Hall–Kier alpha value is -2.52. The number of aromatic nitrogens is 2. The lowest BCUT2D eigenvalue weighted by Gasteiger charge is -2.29. The van der Waals surface area contributed by atoms with Crippen LogP contribution in [0.5, 0.6) is 0 Å². The van der Waals surface area contributed by atoms with Crippen molar-refractivity contribution >= 4 is 41.9 Å². The van der Waals surface area contributed by atoms with Crippen molar-refractivity contribution in [3.8, 4) is 0 Å². The maximum absolute atomic E-state index is 14.8. The number of carbonyl (C=O) groups excluding carboxylic acids is 2. The van der Waals surface area contributed by atoms with Crippen LogP contribution in [0.25, 0.3) is 0 Å². The maximum Gasteiger partial charge on any atom is 0.243 e. The van der Waals surface area contributed by atoms with E-state index in [-0.39, 0.29) is 33.3 Å². The summed E-state index contributed by atoms with van der Waals surface area (Å²) in [6, 6.07) is 6.34. The first-order valence-electron chi connectivity index (χ1n) is 11.7. The third-order valence-electron chi connectivity index (χ3n) is 7.05. The number of likely N-dealkylation sites (tertiary alicyclic amines) is 1. The Bertz CT molecular complexity index is 1190. The van der Waals surface area contributed by atoms with Crippen molar-refractivity contribution in [2.45, 2.75) is 66.3 Å². The van der Waals surface area contributed by atoms with Crippen LogP contribution >= 0.6 is 23.4 Å². The number of nitrogens with zero attached hydrogens (tertiary/aromatic N) is 4. The van der Waals surface area contributed by atoms with Crippen LogP contribution in [0.1, 0.15) is 43.5 Å². The Balaban J connectivity index is 1.41. The van der Waals surface area contributed by atoms with E-state index in [1.807, 2.05) is 25.1 Å². The molecule has 3 fully saturated rings. The van der Waals surface area contributed by atoms with Gasteiger partial charge in [-0.2, -0.15) is 0 Å². The summed E-state index contributed by atoms with van der Waals surface area (Å²) >= 11 is 7.45. The molecule has 7 nitrogen and oxygen atoms in total. The van der Waals surface area contributed by atoms with E-state index in [0.29, 0.717) is 32.4 Å². The lowest BCUT2D eigenvalue weighted by atomic mass is 9.98. The standard InChI is InChI=1S/C25H27ClFN5O2S/c1-15-4-3-5-20(30-15)35-17-11-19(22(33)31-24(6-7-24)14-28-2)32(13-17)23(34)25(8-9-25)21-18(27)10-16(26)12-29-21/h3-5,10,12,17,19H,2,6-9,11,13-14H2,1H3,(H,31,33). The summed E-state index contributed by atoms with van der Waals surface area (Å²) in [4.78, 5) is 41.7. The predicted octanol–water partition coefficient (Wildman–Crippen LogP) is 3.72. The molecule has 0 spiro atoms. The summed E-state index contributed by atoms with van der Waals surface area (Å²) in [6.45, 7) is 6.32. The fourth-order valence-electron chi connectivity index (χ4n) is 4.86. The molecule has 2 atom stereocenters. The number of aliphatic imine (C=N–C) groups is 1. The van der Waals surface area contributed by atoms with Gasteiger partial charge in [-0.25, -0.2) is 9.37 Å². The number of halogens is 2. The van der Waals surface area contributed by atoms with E-state index in [1.165, 1.54) is 12.3 Å². The highest BCUT2D eigenvalue weighted by Gasteiger charge is 2.59. The number of thioether (sulfide) groups is 1. The Kier molecular flexibility index (Phi) is 6.34. The molecule has 5 rings (SSSR count). The SMILES string of the molecule is C=NCC1(NC(=O)C2CC(Sc3cccc(C)n3)CN2C(=O)C2(c3ncc(Cl)cc3F)CC2)CC1. The number of rotatable bonds is 8. The van der Waals surface area contributed by atoms with Gasteiger partial charge in [-0.05, 0) is 63.9 Å². The molecule has 184 valence electrons. The highest BCUT2D eigenvalue weighted by atomic mass is 35.5. The Morgan fingerprint density at radius 2 is 2.11 bits per heavy atom. The molecule has 3 aliphatic rings. The summed E-state index contributed by atoms with van der Waals surface area (Å²) < 4.78 is 14.8. The van der Waals surface area contributed by atoms with Gasteiger partial charge in [-0.15, -0.1) is 11.8 Å². The topological polar surface area (TPSA) is 87.5 Å². The van der Waals surface area contributed by atoms with Crippen molar-refractivity contribution in [2.75, 3.05) is 13.1 Å². The molecular formula is C25H27ClFN5O2S. The highest BCUT2D eigenvalue weighted by Crippen LogP contribution is 2.51. The average Bonchev–Trinajstić information content (AvgIpc) is 3.72. The molecule has 0 bridgehead atoms. The molecule has 2 saturated carbocycles. The zero-order valence-corrected chi connectivity index (χ0v) is 21.0. The average molecular weight is 516 g/mol. The third kappa shape index (κ3) is 4.80. The van der Waals surface area contributed by atoms with Crippen molar-refractivity contribution in [3.63, 3.8) is 0 Å². The van der Waals surface area contributed by atoms with Crippen LogP contribution in [0.15, 0.2) is 40.5 Å². The van der Waals surface area contributed by atoms with Crippen LogP contribution in [0.3, 0.4) is 0 Å². The molecule has 0 radical (unpaired) electrons. The van der Waals surface area contributed by atoms with Gasteiger partial charge < -0.3 is 10.2 Å². The second-order valence-corrected chi connectivity index (χ2v) is 11.5. The molecule has 1 N–H and O–H groups in total. The van der Waals surface area contributed by atoms with E-state index in [4.69, 9.17) is 11.6 Å². The molecule has 2 aromatic heterocycles. The molecule has 35 heavy (non-hydrogen) atoms. The van der Waals surface area contributed by atoms with Crippen LogP contribution < -0.4 is 5.32 Å². The summed E-state index contributed by atoms with van der Waals surface area (Å²) in [7, 11) is 0. The molecule has 10 heteroatoms. The van der Waals surface area contributed by atoms with Gasteiger partial charge in [0.05, 0.1) is 33.2 Å². The molecule has 2 amide bonds. The molecule has 1 saturated heterocycles. The Morgan fingerprint density at radius 1 is 1.34 bits per heavy atom. The van der Waals surface area contributed by atoms with Crippen molar-refractivity contribution in [1.82, 2.24) is 20.2 Å². The fourth-order valence-corrected chi connectivity index (χ4v) is 6.21. The van der Waals surface area contributed by atoms with Gasteiger partial charge in [-0.1, -0.05) is 17.7 Å². The zero-order valence-electron chi connectivity index (χ0n) is 19.5. The van der Waals surface area contributed by atoms with Crippen molar-refractivity contribution in [3.05, 3.63) is 52.7 Å². The van der Waals surface area contributed by atoms with Crippen molar-refractivity contribution in [1.29, 1.82) is 0 Å². The van der Waals surface area contributed by atoms with Crippen molar-refractivity contribution < 1.29 is 14.0 Å². The maximum atomic E-state index is 14.8. The second kappa shape index (κ2) is 9.17. The minimum absolute atomic E-state index is 0.0180. The second-order valence-electron chi connectivity index (χ2n) is 9.78. The van der Waals surface area contributed by atoms with E-state index < -0.39 is 17.3 Å². The number of hydrogen-bond acceptors (Lipinski definition) is 6. The minimum Gasteiger partial charge on any atom is -0.347 e. The van der Waals surface area contributed by atoms with Gasteiger partial charge >= 0.3 is 0 Å². The first kappa shape index (κ1) is 24.2. The van der Waals surface area contributed by atoms with E-state index in [0.717, 1.165) is 23.6 Å². The molecule has 2 unspecified atom stereocenters. The summed E-state index contributed by atoms with van der Waals surface area (Å²) in [5.74, 6) is -1.04. The van der Waals surface area contributed by atoms with Crippen LogP contribution in [0.4, 0.5) is 4.39 Å². The molecule has 2 aliphatic carbocycles. The lowest BCUT2D eigenvalue weighted by molar-refractivity contribution is -0.140. The monoisotopic (exact) mass is 515 g/mol.